The van der Waals surface area contributed by atoms with E-state index in [1.807, 2.05) is 6.92 Å². The Kier molecular flexibility index (Phi) is 20.9. The zero-order valence-corrected chi connectivity index (χ0v) is 28.3. The van der Waals surface area contributed by atoms with E-state index in [2.05, 4.69) is 22.2 Å². The van der Waals surface area contributed by atoms with Crippen molar-refractivity contribution in [3.63, 3.8) is 0 Å². The van der Waals surface area contributed by atoms with E-state index in [1.54, 1.807) is 0 Å². The van der Waals surface area contributed by atoms with Crippen LogP contribution >= 0.6 is 0 Å². The third-order valence-electron chi connectivity index (χ3n) is 8.66. The summed E-state index contributed by atoms with van der Waals surface area (Å²) in [6.07, 6.45) is 1.54. The summed E-state index contributed by atoms with van der Waals surface area (Å²) in [6.45, 7) is 0.492. The van der Waals surface area contributed by atoms with Gasteiger partial charge in [0.15, 0.2) is 12.6 Å². The number of allylic oxidation sites excluding steroid dienone is 2. The molecule has 0 aromatic heterocycles. The van der Waals surface area contributed by atoms with Crippen molar-refractivity contribution in [3.05, 3.63) is 12.2 Å². The maximum absolute atomic E-state index is 11.6. The molecule has 0 aromatic rings. The van der Waals surface area contributed by atoms with Gasteiger partial charge in [-0.2, -0.15) is 0 Å². The van der Waals surface area contributed by atoms with Gasteiger partial charge < -0.3 is 64.7 Å². The fourth-order valence-corrected chi connectivity index (χ4v) is 5.63. The Labute approximate surface area is 283 Å². The number of unbranched alkanes of at least 4 members (excludes halogenated alkanes) is 9. The first-order valence-electron chi connectivity index (χ1n) is 17.3. The average Bonchev–Trinajstić information content (AvgIpc) is 3.08. The van der Waals surface area contributed by atoms with E-state index in [1.165, 1.54) is 7.11 Å². The van der Waals surface area contributed by atoms with Gasteiger partial charge in [0.05, 0.1) is 26.4 Å². The Balaban J connectivity index is 1.61. The molecule has 2 rings (SSSR count). The summed E-state index contributed by atoms with van der Waals surface area (Å²) in [7, 11) is 1.29. The molecule has 0 saturated carbocycles. The van der Waals surface area contributed by atoms with E-state index in [4.69, 9.17) is 18.9 Å². The molecule has 0 aromatic carbocycles. The minimum Gasteiger partial charge on any atom is -0.468 e. The minimum atomic E-state index is -1.72. The molecule has 11 atom stereocenters. The van der Waals surface area contributed by atoms with E-state index in [9.17, 15) is 45.3 Å². The minimum absolute atomic E-state index is 0.0866. The second kappa shape index (κ2) is 23.6. The number of carbonyl (C=O) groups is 2. The number of aliphatic hydroxyl groups excluding tert-OH is 7. The fourth-order valence-electron chi connectivity index (χ4n) is 5.63. The lowest BCUT2D eigenvalue weighted by Gasteiger charge is -2.46. The van der Waals surface area contributed by atoms with E-state index >= 15 is 0 Å². The zero-order valence-electron chi connectivity index (χ0n) is 28.3. The third kappa shape index (κ3) is 14.6. The van der Waals surface area contributed by atoms with Gasteiger partial charge in [0.2, 0.25) is 5.91 Å². The molecule has 15 heteroatoms. The van der Waals surface area contributed by atoms with Crippen molar-refractivity contribution in [3.8, 4) is 0 Å². The highest BCUT2D eigenvalue weighted by atomic mass is 16.8. The summed E-state index contributed by atoms with van der Waals surface area (Å²) in [5.41, 5.74) is 0. The van der Waals surface area contributed by atoms with Gasteiger partial charge >= 0.3 is 5.97 Å². The number of ether oxygens (including phenoxy) is 5. The third-order valence-corrected chi connectivity index (χ3v) is 8.66. The molecule has 2 aliphatic heterocycles. The van der Waals surface area contributed by atoms with Crippen molar-refractivity contribution < 1.29 is 69.0 Å². The molecule has 0 radical (unpaired) electrons. The smallest absolute Gasteiger partial charge is 0.325 e. The van der Waals surface area contributed by atoms with Crippen LogP contribution in [0.1, 0.15) is 90.4 Å². The lowest BCUT2D eigenvalue weighted by molar-refractivity contribution is -0.371. The predicted octanol–water partition coefficient (Wildman–Crippen LogP) is -0.0677. The number of carbonyl (C=O) groups excluding carboxylic acids is 2. The standard InChI is InChI=1S/C33H59NO14/c1-21(16-14-12-10-8-6-4-3-5-7-9-11-13-15-17-24(37)34-18-25(38)44-2)45-33-31(29(42)27(40)23(20-36)47-33)48-32-30(43)28(41)26(39)22(19-35)46-32/h3-4,21-23,26-33,35-36,39-43H,5-20H2,1-2H3,(H,34,37)/b4-3-/t21?,22-,23-,26-,27-,28+,29+,30-,31-,32+,33-/m1/s1. The van der Waals surface area contributed by atoms with Crippen molar-refractivity contribution in [1.29, 1.82) is 0 Å². The summed E-state index contributed by atoms with van der Waals surface area (Å²) in [5.74, 6) is -0.582. The molecule has 0 spiro atoms. The van der Waals surface area contributed by atoms with Crippen molar-refractivity contribution in [2.45, 2.75) is 158 Å². The number of methoxy groups -OCH3 is 1. The highest BCUT2D eigenvalue weighted by Crippen LogP contribution is 2.30. The molecule has 15 nitrogen and oxygen atoms in total. The zero-order chi connectivity index (χ0) is 35.5. The Bertz CT molecular complexity index is 923. The molecule has 48 heavy (non-hydrogen) atoms. The highest BCUT2D eigenvalue weighted by Gasteiger charge is 2.51. The number of rotatable bonds is 23. The molecule has 2 saturated heterocycles. The summed E-state index contributed by atoms with van der Waals surface area (Å²) < 4.78 is 27.3. The second-order valence-corrected chi connectivity index (χ2v) is 12.6. The van der Waals surface area contributed by atoms with E-state index in [0.717, 1.165) is 70.6 Å². The normalized spacial score (nSPS) is 31.5. The second-order valence-electron chi connectivity index (χ2n) is 12.6. The topological polar surface area (TPSA) is 234 Å². The van der Waals surface area contributed by atoms with Gasteiger partial charge in [-0.1, -0.05) is 50.7 Å². The largest absolute Gasteiger partial charge is 0.468 e. The summed E-state index contributed by atoms with van der Waals surface area (Å²) in [5, 5.41) is 73.3. The fraction of sp³-hybridized carbons (Fsp3) is 0.879. The molecule has 2 aliphatic rings. The lowest BCUT2D eigenvalue weighted by atomic mass is 9.97. The molecule has 1 amide bonds. The quantitative estimate of drug-likeness (QED) is 0.0398. The molecule has 1 unspecified atom stereocenters. The van der Waals surface area contributed by atoms with Crippen molar-refractivity contribution in [2.75, 3.05) is 26.9 Å². The lowest BCUT2D eigenvalue weighted by Crippen LogP contribution is -2.64. The van der Waals surface area contributed by atoms with Gasteiger partial charge in [-0.05, 0) is 45.4 Å². The molecule has 280 valence electrons. The van der Waals surface area contributed by atoms with Gasteiger partial charge in [-0.25, -0.2) is 0 Å². The number of hydrogen-bond acceptors (Lipinski definition) is 14. The Morgan fingerprint density at radius 2 is 1.27 bits per heavy atom. The summed E-state index contributed by atoms with van der Waals surface area (Å²) >= 11 is 0. The van der Waals surface area contributed by atoms with Crippen LogP contribution in [-0.4, -0.2) is 142 Å². The first kappa shape index (κ1) is 42.4. The first-order valence-corrected chi connectivity index (χ1v) is 17.3. The maximum atomic E-state index is 11.6. The van der Waals surface area contributed by atoms with Gasteiger partial charge in [0.1, 0.15) is 55.4 Å². The van der Waals surface area contributed by atoms with E-state index < -0.39 is 80.6 Å². The van der Waals surface area contributed by atoms with Crippen LogP contribution in [0.15, 0.2) is 12.2 Å². The van der Waals surface area contributed by atoms with Crippen LogP contribution in [0.4, 0.5) is 0 Å². The van der Waals surface area contributed by atoms with Crippen molar-refractivity contribution in [1.82, 2.24) is 5.32 Å². The van der Waals surface area contributed by atoms with Crippen molar-refractivity contribution in [2.24, 2.45) is 0 Å². The monoisotopic (exact) mass is 693 g/mol. The molecule has 8 N–H and O–H groups in total. The van der Waals surface area contributed by atoms with E-state index in [-0.39, 0.29) is 18.6 Å². The van der Waals surface area contributed by atoms with Crippen LogP contribution in [0.3, 0.4) is 0 Å². The van der Waals surface area contributed by atoms with Crippen LogP contribution in [0, 0.1) is 0 Å². The van der Waals surface area contributed by atoms with E-state index in [0.29, 0.717) is 12.8 Å². The Hall–Kier alpha value is -1.76. The van der Waals surface area contributed by atoms with Crippen LogP contribution in [0.2, 0.25) is 0 Å². The van der Waals surface area contributed by atoms with Gasteiger partial charge in [0, 0.05) is 6.42 Å². The number of esters is 1. The van der Waals surface area contributed by atoms with Crippen LogP contribution in [0.5, 0.6) is 0 Å². The molecule has 2 heterocycles. The Morgan fingerprint density at radius 1 is 0.729 bits per heavy atom. The first-order chi connectivity index (χ1) is 23.0. The molecule has 0 aliphatic carbocycles. The Morgan fingerprint density at radius 3 is 1.88 bits per heavy atom. The van der Waals surface area contributed by atoms with Crippen LogP contribution < -0.4 is 5.32 Å². The number of aliphatic hydroxyl groups is 7. The summed E-state index contributed by atoms with van der Waals surface area (Å²) in [6, 6.07) is 0. The molecule has 2 fully saturated rings. The van der Waals surface area contributed by atoms with Crippen LogP contribution in [-0.2, 0) is 33.3 Å². The van der Waals surface area contributed by atoms with Gasteiger partial charge in [0.25, 0.3) is 0 Å². The highest BCUT2D eigenvalue weighted by molar-refractivity contribution is 5.81. The molecular formula is C33H59NO14. The van der Waals surface area contributed by atoms with Crippen LogP contribution in [0.25, 0.3) is 0 Å². The van der Waals surface area contributed by atoms with Gasteiger partial charge in [-0.15, -0.1) is 0 Å². The number of hydrogen-bond donors (Lipinski definition) is 8. The molecule has 0 bridgehead atoms. The van der Waals surface area contributed by atoms with Crippen molar-refractivity contribution >= 4 is 11.9 Å². The average molecular weight is 694 g/mol. The van der Waals surface area contributed by atoms with Gasteiger partial charge in [-0.3, -0.25) is 9.59 Å². The maximum Gasteiger partial charge on any atom is 0.325 e. The number of amides is 1. The summed E-state index contributed by atoms with van der Waals surface area (Å²) in [4.78, 5) is 22.7. The number of nitrogens with one attached hydrogen (secondary N) is 1. The molecular weight excluding hydrogens is 634 g/mol. The predicted molar refractivity (Wildman–Crippen MR) is 171 cm³/mol. The SMILES string of the molecule is COC(=O)CNC(=O)CCCCCCC/C=C\CCCCCCC(C)O[C@@H]1O[C@H](CO)[C@@H](O)[C@H](O)[C@H]1O[C@@H]1O[C@H](CO)[C@@H](O)[C@H](O)[C@H]1O.